The van der Waals surface area contributed by atoms with Gasteiger partial charge in [-0.15, -0.1) is 0 Å². The first-order valence-corrected chi connectivity index (χ1v) is 4.97. The number of nitrogens with zero attached hydrogens (tertiary/aromatic N) is 1. The minimum absolute atomic E-state index is 0.266. The van der Waals surface area contributed by atoms with E-state index in [1.165, 1.54) is 0 Å². The van der Waals surface area contributed by atoms with Crippen molar-refractivity contribution in [2.75, 3.05) is 6.54 Å². The summed E-state index contributed by atoms with van der Waals surface area (Å²) in [5, 5.41) is 0. The molecule has 0 aromatic carbocycles. The Labute approximate surface area is 83.2 Å². The van der Waals surface area contributed by atoms with E-state index in [0.717, 1.165) is 19.1 Å². The molecule has 1 heterocycles. The van der Waals surface area contributed by atoms with E-state index in [-0.39, 0.29) is 11.5 Å². The van der Waals surface area contributed by atoms with Crippen molar-refractivity contribution in [2.45, 2.75) is 38.8 Å². The highest BCUT2D eigenvalue weighted by Gasteiger charge is 2.46. The van der Waals surface area contributed by atoms with Crippen LogP contribution < -0.4 is 0 Å². The standard InChI is InChI=1S/C10H15NO3/c1-10(2)6-11(7-3-4-7)9(13)14-8(10)5-12/h5,7-8H,3-4,6H2,1-2H3/t8-/m0/s1. The second-order valence-electron chi connectivity index (χ2n) is 4.79. The molecule has 1 amide bonds. The van der Waals surface area contributed by atoms with Gasteiger partial charge in [0.1, 0.15) is 0 Å². The number of hydrogen-bond acceptors (Lipinski definition) is 3. The summed E-state index contributed by atoms with van der Waals surface area (Å²) in [6.45, 7) is 4.53. The molecule has 1 saturated heterocycles. The molecule has 0 aromatic rings. The van der Waals surface area contributed by atoms with Crippen molar-refractivity contribution in [1.82, 2.24) is 4.90 Å². The molecule has 1 aliphatic carbocycles. The lowest BCUT2D eigenvalue weighted by Gasteiger charge is -2.41. The van der Waals surface area contributed by atoms with Crippen LogP contribution in [0.4, 0.5) is 4.79 Å². The molecule has 4 nitrogen and oxygen atoms in total. The van der Waals surface area contributed by atoms with Crippen molar-refractivity contribution >= 4 is 12.4 Å². The highest BCUT2D eigenvalue weighted by molar-refractivity contribution is 5.74. The van der Waals surface area contributed by atoms with E-state index >= 15 is 0 Å². The van der Waals surface area contributed by atoms with Crippen LogP contribution in [0.5, 0.6) is 0 Å². The zero-order chi connectivity index (χ0) is 10.3. The molecule has 1 aliphatic heterocycles. The molecule has 2 rings (SSSR count). The largest absolute Gasteiger partial charge is 0.438 e. The van der Waals surface area contributed by atoms with Crippen LogP contribution in [0.1, 0.15) is 26.7 Å². The smallest absolute Gasteiger partial charge is 0.410 e. The quantitative estimate of drug-likeness (QED) is 0.625. The molecule has 0 spiro atoms. The van der Waals surface area contributed by atoms with E-state index in [1.54, 1.807) is 4.90 Å². The van der Waals surface area contributed by atoms with Crippen LogP contribution in [-0.2, 0) is 9.53 Å². The Hall–Kier alpha value is -1.06. The summed E-state index contributed by atoms with van der Waals surface area (Å²) in [4.78, 5) is 23.9. The van der Waals surface area contributed by atoms with Gasteiger partial charge >= 0.3 is 6.09 Å². The molecule has 78 valence electrons. The molecular formula is C10H15NO3. The highest BCUT2D eigenvalue weighted by atomic mass is 16.6. The highest BCUT2D eigenvalue weighted by Crippen LogP contribution is 2.36. The maximum Gasteiger partial charge on any atom is 0.410 e. The number of carbonyl (C=O) groups excluding carboxylic acids is 2. The summed E-state index contributed by atoms with van der Waals surface area (Å²) in [7, 11) is 0. The van der Waals surface area contributed by atoms with Gasteiger partial charge < -0.3 is 9.64 Å². The summed E-state index contributed by atoms with van der Waals surface area (Å²) in [6.07, 6.45) is 1.93. The first-order valence-electron chi connectivity index (χ1n) is 4.97. The molecule has 2 aliphatic rings. The molecular weight excluding hydrogens is 182 g/mol. The van der Waals surface area contributed by atoms with Crippen molar-refractivity contribution < 1.29 is 14.3 Å². The fourth-order valence-electron chi connectivity index (χ4n) is 1.81. The fraction of sp³-hybridized carbons (Fsp3) is 0.800. The van der Waals surface area contributed by atoms with Crippen molar-refractivity contribution in [3.05, 3.63) is 0 Å². The van der Waals surface area contributed by atoms with Gasteiger partial charge in [-0.3, -0.25) is 4.79 Å². The second-order valence-corrected chi connectivity index (χ2v) is 4.79. The summed E-state index contributed by atoms with van der Waals surface area (Å²) >= 11 is 0. The maximum atomic E-state index is 11.5. The van der Waals surface area contributed by atoms with E-state index in [9.17, 15) is 9.59 Å². The van der Waals surface area contributed by atoms with Gasteiger partial charge in [-0.2, -0.15) is 0 Å². The number of ether oxygens (including phenoxy) is 1. The van der Waals surface area contributed by atoms with Gasteiger partial charge in [0.05, 0.1) is 0 Å². The summed E-state index contributed by atoms with van der Waals surface area (Å²) < 4.78 is 5.08. The first-order chi connectivity index (χ1) is 6.54. The van der Waals surface area contributed by atoms with Gasteiger partial charge in [-0.1, -0.05) is 13.8 Å². The van der Waals surface area contributed by atoms with Crippen LogP contribution in [0.2, 0.25) is 0 Å². The van der Waals surface area contributed by atoms with Crippen LogP contribution >= 0.6 is 0 Å². The molecule has 4 heteroatoms. The number of rotatable bonds is 2. The molecule has 1 atom stereocenters. The number of hydrogen-bond donors (Lipinski definition) is 0. The number of carbonyl (C=O) groups is 2. The number of cyclic esters (lactones) is 1. The molecule has 0 unspecified atom stereocenters. The molecule has 0 N–H and O–H groups in total. The Morgan fingerprint density at radius 2 is 2.14 bits per heavy atom. The normalized spacial score (nSPS) is 31.1. The zero-order valence-electron chi connectivity index (χ0n) is 8.53. The van der Waals surface area contributed by atoms with Crippen molar-refractivity contribution in [3.8, 4) is 0 Å². The van der Waals surface area contributed by atoms with E-state index in [4.69, 9.17) is 4.74 Å². The van der Waals surface area contributed by atoms with Crippen molar-refractivity contribution in [3.63, 3.8) is 0 Å². The predicted octanol–water partition coefficient (Wildman–Crippen LogP) is 1.19. The minimum Gasteiger partial charge on any atom is -0.438 e. The van der Waals surface area contributed by atoms with E-state index in [0.29, 0.717) is 12.6 Å². The Morgan fingerprint density at radius 1 is 1.50 bits per heavy atom. The lowest BCUT2D eigenvalue weighted by Crippen LogP contribution is -2.54. The summed E-state index contributed by atoms with van der Waals surface area (Å²) in [5.74, 6) is 0. The zero-order valence-corrected chi connectivity index (χ0v) is 8.53. The minimum atomic E-state index is -0.593. The molecule has 14 heavy (non-hydrogen) atoms. The lowest BCUT2D eigenvalue weighted by molar-refractivity contribution is -0.127. The average Bonchev–Trinajstić information content (AvgIpc) is 2.91. The first kappa shape index (κ1) is 9.49. The fourth-order valence-corrected chi connectivity index (χ4v) is 1.81. The summed E-state index contributed by atoms with van der Waals surface area (Å²) in [5.41, 5.74) is -0.266. The van der Waals surface area contributed by atoms with Crippen LogP contribution in [0.15, 0.2) is 0 Å². The Kier molecular flexibility index (Phi) is 2.01. The third kappa shape index (κ3) is 1.49. The van der Waals surface area contributed by atoms with Crippen LogP contribution in [0, 0.1) is 5.41 Å². The lowest BCUT2D eigenvalue weighted by atomic mass is 9.85. The van der Waals surface area contributed by atoms with E-state index in [2.05, 4.69) is 0 Å². The summed E-state index contributed by atoms with van der Waals surface area (Å²) in [6, 6.07) is 0.356. The SMILES string of the molecule is CC1(C)CN(C2CC2)C(=O)O[C@H]1C=O. The molecule has 0 aromatic heterocycles. The Balaban J connectivity index is 2.12. The van der Waals surface area contributed by atoms with E-state index in [1.807, 2.05) is 13.8 Å². The average molecular weight is 197 g/mol. The number of amides is 1. The van der Waals surface area contributed by atoms with Crippen LogP contribution in [0.25, 0.3) is 0 Å². The third-order valence-corrected chi connectivity index (χ3v) is 2.92. The van der Waals surface area contributed by atoms with Gasteiger partial charge in [0, 0.05) is 18.0 Å². The number of aldehydes is 1. The topological polar surface area (TPSA) is 46.6 Å². The molecule has 1 saturated carbocycles. The van der Waals surface area contributed by atoms with Gasteiger partial charge in [0.15, 0.2) is 12.4 Å². The second kappa shape index (κ2) is 2.97. The monoisotopic (exact) mass is 197 g/mol. The third-order valence-electron chi connectivity index (χ3n) is 2.92. The van der Waals surface area contributed by atoms with Crippen molar-refractivity contribution in [2.24, 2.45) is 5.41 Å². The molecule has 0 bridgehead atoms. The van der Waals surface area contributed by atoms with Gasteiger partial charge in [-0.05, 0) is 12.8 Å². The Morgan fingerprint density at radius 3 is 2.64 bits per heavy atom. The van der Waals surface area contributed by atoms with Crippen LogP contribution in [-0.4, -0.2) is 36.0 Å². The predicted molar refractivity (Wildman–Crippen MR) is 49.8 cm³/mol. The molecule has 0 radical (unpaired) electrons. The maximum absolute atomic E-state index is 11.5. The van der Waals surface area contributed by atoms with E-state index < -0.39 is 6.10 Å². The Bertz CT molecular complexity index is 271. The van der Waals surface area contributed by atoms with Gasteiger partial charge in [-0.25, -0.2) is 4.79 Å². The molecule has 2 fully saturated rings. The van der Waals surface area contributed by atoms with Crippen LogP contribution in [0.3, 0.4) is 0 Å². The van der Waals surface area contributed by atoms with Crippen molar-refractivity contribution in [1.29, 1.82) is 0 Å². The van der Waals surface area contributed by atoms with Gasteiger partial charge in [0.25, 0.3) is 0 Å². The van der Waals surface area contributed by atoms with Gasteiger partial charge in [0.2, 0.25) is 0 Å².